The molecule has 0 radical (unpaired) electrons. The summed E-state index contributed by atoms with van der Waals surface area (Å²) in [5, 5.41) is 12.0. The van der Waals surface area contributed by atoms with Crippen molar-refractivity contribution in [3.8, 4) is 17.2 Å². The number of benzene rings is 1. The predicted molar refractivity (Wildman–Crippen MR) is 84.2 cm³/mol. The van der Waals surface area contributed by atoms with Gasteiger partial charge in [-0.15, -0.1) is 10.2 Å². The Labute approximate surface area is 137 Å². The third-order valence-corrected chi connectivity index (χ3v) is 3.79. The molecule has 2 N–H and O–H groups in total. The van der Waals surface area contributed by atoms with E-state index in [1.54, 1.807) is 38.3 Å². The third kappa shape index (κ3) is 4.46. The van der Waals surface area contributed by atoms with Crippen molar-refractivity contribution in [1.29, 1.82) is 0 Å². The normalized spacial score (nSPS) is 11.6. The average Bonchev–Trinajstić information content (AvgIpc) is 3.03. The SMILES string of the molecule is CNC(=O)NC(=O)C(C)Sc1nnc(-c2ccc(OC)cc2)o1. The predicted octanol–water partition coefficient (Wildman–Crippen LogP) is 1.68. The molecular weight excluding hydrogens is 320 g/mol. The smallest absolute Gasteiger partial charge is 0.321 e. The molecule has 9 heteroatoms. The maximum Gasteiger partial charge on any atom is 0.321 e. The summed E-state index contributed by atoms with van der Waals surface area (Å²) in [5.74, 6) is 0.620. The van der Waals surface area contributed by atoms with E-state index in [9.17, 15) is 9.59 Å². The van der Waals surface area contributed by atoms with Crippen molar-refractivity contribution in [1.82, 2.24) is 20.8 Å². The van der Waals surface area contributed by atoms with Gasteiger partial charge in [-0.25, -0.2) is 4.79 Å². The number of thioether (sulfide) groups is 1. The van der Waals surface area contributed by atoms with E-state index in [2.05, 4.69) is 20.8 Å². The summed E-state index contributed by atoms with van der Waals surface area (Å²) in [5.41, 5.74) is 0.743. The number of nitrogens with one attached hydrogen (secondary N) is 2. The van der Waals surface area contributed by atoms with Crippen molar-refractivity contribution in [2.24, 2.45) is 0 Å². The summed E-state index contributed by atoms with van der Waals surface area (Å²) in [6.45, 7) is 1.64. The van der Waals surface area contributed by atoms with Crippen molar-refractivity contribution in [2.45, 2.75) is 17.4 Å². The van der Waals surface area contributed by atoms with E-state index in [4.69, 9.17) is 9.15 Å². The van der Waals surface area contributed by atoms with Crippen molar-refractivity contribution >= 4 is 23.7 Å². The van der Waals surface area contributed by atoms with Gasteiger partial charge in [0.25, 0.3) is 5.22 Å². The Morgan fingerprint density at radius 1 is 1.26 bits per heavy atom. The highest BCUT2D eigenvalue weighted by atomic mass is 32.2. The molecule has 1 aromatic carbocycles. The lowest BCUT2D eigenvalue weighted by atomic mass is 10.2. The van der Waals surface area contributed by atoms with Crippen LogP contribution in [-0.4, -0.2) is 41.5 Å². The molecular formula is C14H16N4O4S. The number of rotatable bonds is 5. The van der Waals surface area contributed by atoms with E-state index < -0.39 is 17.2 Å². The van der Waals surface area contributed by atoms with Crippen LogP contribution >= 0.6 is 11.8 Å². The fourth-order valence-electron chi connectivity index (χ4n) is 1.59. The first-order valence-corrected chi connectivity index (χ1v) is 7.58. The molecule has 0 saturated heterocycles. The number of carbonyl (C=O) groups excluding carboxylic acids is 2. The van der Waals surface area contributed by atoms with Crippen LogP contribution in [0.4, 0.5) is 4.79 Å². The van der Waals surface area contributed by atoms with Gasteiger partial charge in [0.15, 0.2) is 0 Å². The minimum atomic E-state index is -0.563. The number of aromatic nitrogens is 2. The van der Waals surface area contributed by atoms with Gasteiger partial charge in [-0.1, -0.05) is 11.8 Å². The van der Waals surface area contributed by atoms with E-state index >= 15 is 0 Å². The minimum absolute atomic E-state index is 0.246. The molecule has 1 unspecified atom stereocenters. The maximum atomic E-state index is 11.8. The number of nitrogens with zero attached hydrogens (tertiary/aromatic N) is 2. The fourth-order valence-corrected chi connectivity index (χ4v) is 2.27. The molecule has 0 spiro atoms. The van der Waals surface area contributed by atoms with Gasteiger partial charge in [0.05, 0.1) is 12.4 Å². The van der Waals surface area contributed by atoms with Crippen LogP contribution in [0.5, 0.6) is 5.75 Å². The molecule has 2 aromatic rings. The lowest BCUT2D eigenvalue weighted by molar-refractivity contribution is -0.119. The molecule has 0 aliphatic rings. The summed E-state index contributed by atoms with van der Waals surface area (Å²) in [4.78, 5) is 22.9. The number of carbonyl (C=O) groups is 2. The summed E-state index contributed by atoms with van der Waals surface area (Å²) in [6, 6.07) is 6.59. The lowest BCUT2D eigenvalue weighted by Gasteiger charge is -2.07. The Morgan fingerprint density at radius 2 is 1.96 bits per heavy atom. The first-order chi connectivity index (χ1) is 11.0. The molecule has 23 heavy (non-hydrogen) atoms. The van der Waals surface area contributed by atoms with E-state index in [0.717, 1.165) is 23.1 Å². The Kier molecular flexibility index (Phi) is 5.58. The number of imide groups is 1. The number of methoxy groups -OCH3 is 1. The number of ether oxygens (including phenoxy) is 1. The third-order valence-electron chi connectivity index (χ3n) is 2.85. The monoisotopic (exact) mass is 336 g/mol. The standard InChI is InChI=1S/C14H16N4O4S/c1-8(11(19)16-13(20)15-2)23-14-18-17-12(22-14)9-4-6-10(21-3)7-5-9/h4-8H,1-3H3,(H2,15,16,19,20). The van der Waals surface area contributed by atoms with Gasteiger partial charge in [0, 0.05) is 12.6 Å². The quantitative estimate of drug-likeness (QED) is 0.800. The number of hydrogen-bond donors (Lipinski definition) is 2. The lowest BCUT2D eigenvalue weighted by Crippen LogP contribution is -2.41. The fraction of sp³-hybridized carbons (Fsp3) is 0.286. The van der Waals surface area contributed by atoms with E-state index in [1.165, 1.54) is 7.05 Å². The molecule has 1 heterocycles. The summed E-state index contributed by atoms with van der Waals surface area (Å²) >= 11 is 1.07. The second kappa shape index (κ2) is 7.63. The highest BCUT2D eigenvalue weighted by molar-refractivity contribution is 8.00. The summed E-state index contributed by atoms with van der Waals surface area (Å²) in [7, 11) is 3.02. The molecule has 0 aliphatic heterocycles. The molecule has 8 nitrogen and oxygen atoms in total. The van der Waals surface area contributed by atoms with Gasteiger partial charge in [0.2, 0.25) is 11.8 Å². The zero-order chi connectivity index (χ0) is 16.8. The molecule has 0 fully saturated rings. The highest BCUT2D eigenvalue weighted by Gasteiger charge is 2.20. The molecule has 3 amide bonds. The largest absolute Gasteiger partial charge is 0.497 e. The Hall–Kier alpha value is -2.55. The second-order valence-corrected chi connectivity index (χ2v) is 5.72. The molecule has 0 saturated carbocycles. The molecule has 2 rings (SSSR count). The highest BCUT2D eigenvalue weighted by Crippen LogP contribution is 2.27. The second-order valence-electron chi connectivity index (χ2n) is 4.43. The summed E-state index contributed by atoms with van der Waals surface area (Å²) < 4.78 is 10.6. The number of urea groups is 1. The van der Waals surface area contributed by atoms with Gasteiger partial charge < -0.3 is 14.5 Å². The van der Waals surface area contributed by atoms with Gasteiger partial charge in [-0.2, -0.15) is 0 Å². The van der Waals surface area contributed by atoms with Crippen LogP contribution in [0, 0.1) is 0 Å². The molecule has 1 aromatic heterocycles. The van der Waals surface area contributed by atoms with Crippen molar-refractivity contribution < 1.29 is 18.7 Å². The Balaban J connectivity index is 2.01. The van der Waals surface area contributed by atoms with Crippen LogP contribution in [0.1, 0.15) is 6.92 Å². The van der Waals surface area contributed by atoms with Gasteiger partial charge in [-0.05, 0) is 31.2 Å². The minimum Gasteiger partial charge on any atom is -0.497 e. The van der Waals surface area contributed by atoms with Crippen LogP contribution < -0.4 is 15.4 Å². The van der Waals surface area contributed by atoms with Crippen LogP contribution in [0.2, 0.25) is 0 Å². The Bertz CT molecular complexity index is 686. The first-order valence-electron chi connectivity index (χ1n) is 6.70. The molecule has 122 valence electrons. The zero-order valence-corrected chi connectivity index (χ0v) is 13.6. The maximum absolute atomic E-state index is 11.8. The van der Waals surface area contributed by atoms with Crippen LogP contribution in [-0.2, 0) is 4.79 Å². The van der Waals surface area contributed by atoms with Gasteiger partial charge in [0.1, 0.15) is 5.75 Å². The molecule has 0 bridgehead atoms. The topological polar surface area (TPSA) is 106 Å². The van der Waals surface area contributed by atoms with Crippen molar-refractivity contribution in [2.75, 3.05) is 14.2 Å². The van der Waals surface area contributed by atoms with Gasteiger partial charge in [-0.3, -0.25) is 10.1 Å². The van der Waals surface area contributed by atoms with Crippen molar-refractivity contribution in [3.05, 3.63) is 24.3 Å². The Morgan fingerprint density at radius 3 is 2.57 bits per heavy atom. The van der Waals surface area contributed by atoms with Crippen molar-refractivity contribution in [3.63, 3.8) is 0 Å². The molecule has 0 aliphatic carbocycles. The van der Waals surface area contributed by atoms with Gasteiger partial charge >= 0.3 is 6.03 Å². The van der Waals surface area contributed by atoms with E-state index in [-0.39, 0.29) is 5.22 Å². The van der Waals surface area contributed by atoms with Crippen LogP contribution in [0.15, 0.2) is 33.9 Å². The number of amides is 3. The van der Waals surface area contributed by atoms with Crippen LogP contribution in [0.3, 0.4) is 0 Å². The summed E-state index contributed by atoms with van der Waals surface area (Å²) in [6.07, 6.45) is 0. The average molecular weight is 336 g/mol. The first kappa shape index (κ1) is 16.8. The van der Waals surface area contributed by atoms with E-state index in [0.29, 0.717) is 5.89 Å². The zero-order valence-electron chi connectivity index (χ0n) is 12.8. The number of hydrogen-bond acceptors (Lipinski definition) is 7. The van der Waals surface area contributed by atoms with E-state index in [1.807, 2.05) is 0 Å². The molecule has 1 atom stereocenters. The van der Waals surface area contributed by atoms with Crippen LogP contribution in [0.25, 0.3) is 11.5 Å².